The van der Waals surface area contributed by atoms with Gasteiger partial charge >= 0.3 is 0 Å². The van der Waals surface area contributed by atoms with Crippen molar-refractivity contribution in [2.24, 2.45) is 0 Å². The summed E-state index contributed by atoms with van der Waals surface area (Å²) in [5.41, 5.74) is 5.27. The van der Waals surface area contributed by atoms with Gasteiger partial charge in [-0.2, -0.15) is 0 Å². The van der Waals surface area contributed by atoms with E-state index < -0.39 is 5.79 Å². The van der Waals surface area contributed by atoms with Crippen molar-refractivity contribution >= 4 is 37.6 Å². The van der Waals surface area contributed by atoms with E-state index in [0.717, 1.165) is 40.7 Å². The molecule has 0 aliphatic carbocycles. The number of fused-ring (bicyclic) bond motifs is 3. The van der Waals surface area contributed by atoms with E-state index in [1.54, 1.807) is 7.11 Å². The van der Waals surface area contributed by atoms with Crippen LogP contribution in [0.25, 0.3) is 37.4 Å². The Morgan fingerprint density at radius 3 is 2.47 bits per heavy atom. The molecule has 3 nitrogen and oxygen atoms in total. The van der Waals surface area contributed by atoms with E-state index in [4.69, 9.17) is 14.2 Å². The average Bonchev–Trinajstić information content (AvgIpc) is 3.18. The molecule has 4 heteroatoms. The molecule has 0 saturated carbocycles. The summed E-state index contributed by atoms with van der Waals surface area (Å²) >= 11 is 1.81. The van der Waals surface area contributed by atoms with Crippen molar-refractivity contribution in [3.63, 3.8) is 0 Å². The lowest BCUT2D eigenvalue weighted by Crippen LogP contribution is -2.37. The lowest BCUT2D eigenvalue weighted by Gasteiger charge is -2.37. The second-order valence-corrected chi connectivity index (χ2v) is 10.1. The van der Waals surface area contributed by atoms with Crippen molar-refractivity contribution in [1.29, 1.82) is 0 Å². The summed E-state index contributed by atoms with van der Waals surface area (Å²) in [6.07, 6.45) is 3.13. The standard InChI is InChI=1S/C32H28O3S/c1-3-22-15-17-23(18-16-22)30-26(19-20-28-31(30)25-12-7-8-13-27(25)36-28)32(24-10-5-4-6-11-24)34-21-9-14-29(33-2)35-32/h3-8,10-13,15-20,29H,1,9,14,21H2,2H3. The maximum absolute atomic E-state index is 6.81. The van der Waals surface area contributed by atoms with Gasteiger partial charge in [0.15, 0.2) is 6.29 Å². The molecule has 0 amide bonds. The minimum atomic E-state index is -1.11. The molecule has 0 spiro atoms. The van der Waals surface area contributed by atoms with Crippen LogP contribution in [0.2, 0.25) is 0 Å². The van der Waals surface area contributed by atoms with Crippen molar-refractivity contribution in [2.45, 2.75) is 24.9 Å². The lowest BCUT2D eigenvalue weighted by molar-refractivity contribution is -0.277. The summed E-state index contributed by atoms with van der Waals surface area (Å²) in [7, 11) is 1.70. The number of rotatable bonds is 5. The number of hydrogen-bond acceptors (Lipinski definition) is 4. The number of thiophene rings is 1. The van der Waals surface area contributed by atoms with Gasteiger partial charge in [-0.3, -0.25) is 0 Å². The molecule has 0 radical (unpaired) electrons. The van der Waals surface area contributed by atoms with Gasteiger partial charge in [0.2, 0.25) is 5.79 Å². The maximum Gasteiger partial charge on any atom is 0.225 e. The Labute approximate surface area is 215 Å². The molecule has 4 aromatic carbocycles. The van der Waals surface area contributed by atoms with E-state index in [9.17, 15) is 0 Å². The first-order chi connectivity index (χ1) is 17.7. The third kappa shape index (κ3) is 3.87. The van der Waals surface area contributed by atoms with Crippen molar-refractivity contribution in [3.05, 3.63) is 114 Å². The molecule has 1 saturated heterocycles. The molecule has 1 fully saturated rings. The fourth-order valence-electron chi connectivity index (χ4n) is 5.19. The zero-order chi connectivity index (χ0) is 24.5. The molecule has 1 aromatic heterocycles. The zero-order valence-electron chi connectivity index (χ0n) is 20.3. The van der Waals surface area contributed by atoms with Gasteiger partial charge in [-0.1, -0.05) is 91.5 Å². The Hall–Kier alpha value is -3.28. The monoisotopic (exact) mass is 492 g/mol. The average molecular weight is 493 g/mol. The van der Waals surface area contributed by atoms with E-state index in [-0.39, 0.29) is 6.29 Å². The molecular weight excluding hydrogens is 464 g/mol. The SMILES string of the molecule is C=Cc1ccc(-c2c(C3(c4ccccc4)OCCCC(OC)O3)ccc3sc4ccccc4c23)cc1. The number of ether oxygens (including phenoxy) is 3. The number of benzene rings is 4. The van der Waals surface area contributed by atoms with Crippen LogP contribution in [-0.2, 0) is 20.0 Å². The molecule has 36 heavy (non-hydrogen) atoms. The van der Waals surface area contributed by atoms with E-state index in [2.05, 4.69) is 79.4 Å². The summed E-state index contributed by atoms with van der Waals surface area (Å²) in [6, 6.07) is 31.8. The topological polar surface area (TPSA) is 27.7 Å². The molecule has 1 aliphatic rings. The second-order valence-electron chi connectivity index (χ2n) is 9.04. The Kier molecular flexibility index (Phi) is 6.20. The van der Waals surface area contributed by atoms with Crippen molar-refractivity contribution in [3.8, 4) is 11.1 Å². The van der Waals surface area contributed by atoms with Gasteiger partial charge in [0.1, 0.15) is 0 Å². The van der Waals surface area contributed by atoms with Crippen LogP contribution in [0.5, 0.6) is 0 Å². The highest BCUT2D eigenvalue weighted by atomic mass is 32.1. The third-order valence-electron chi connectivity index (χ3n) is 6.94. The molecule has 6 rings (SSSR count). The van der Waals surface area contributed by atoms with E-state index in [1.807, 2.05) is 35.6 Å². The van der Waals surface area contributed by atoms with Crippen LogP contribution < -0.4 is 0 Å². The first kappa shape index (κ1) is 23.1. The van der Waals surface area contributed by atoms with Gasteiger partial charge in [0.25, 0.3) is 0 Å². The first-order valence-corrected chi connectivity index (χ1v) is 13.1. The van der Waals surface area contributed by atoms with E-state index in [1.165, 1.54) is 20.2 Å². The van der Waals surface area contributed by atoms with E-state index in [0.29, 0.717) is 6.61 Å². The molecule has 0 N–H and O–H groups in total. The van der Waals surface area contributed by atoms with E-state index >= 15 is 0 Å². The Morgan fingerprint density at radius 1 is 0.917 bits per heavy atom. The van der Waals surface area contributed by atoms with Crippen LogP contribution in [0.15, 0.2) is 97.6 Å². The summed E-state index contributed by atoms with van der Waals surface area (Å²) in [5.74, 6) is -1.11. The van der Waals surface area contributed by atoms with Crippen LogP contribution >= 0.6 is 11.3 Å². The molecule has 5 aromatic rings. The molecule has 180 valence electrons. The van der Waals surface area contributed by atoms with Gasteiger partial charge in [-0.05, 0) is 35.2 Å². The van der Waals surface area contributed by atoms with Gasteiger partial charge in [0, 0.05) is 44.8 Å². The highest BCUT2D eigenvalue weighted by Gasteiger charge is 2.43. The lowest BCUT2D eigenvalue weighted by atomic mass is 9.86. The largest absolute Gasteiger partial charge is 0.356 e. The molecule has 1 aliphatic heterocycles. The van der Waals surface area contributed by atoms with Gasteiger partial charge in [-0.25, -0.2) is 0 Å². The third-order valence-corrected chi connectivity index (χ3v) is 8.07. The minimum absolute atomic E-state index is 0.376. The highest BCUT2D eigenvalue weighted by molar-refractivity contribution is 7.25. The second kappa shape index (κ2) is 9.64. The molecule has 2 atom stereocenters. The van der Waals surface area contributed by atoms with Crippen molar-refractivity contribution < 1.29 is 14.2 Å². The van der Waals surface area contributed by atoms with Crippen LogP contribution in [-0.4, -0.2) is 20.0 Å². The summed E-state index contributed by atoms with van der Waals surface area (Å²) in [4.78, 5) is 0. The van der Waals surface area contributed by atoms with Crippen molar-refractivity contribution in [1.82, 2.24) is 0 Å². The van der Waals surface area contributed by atoms with Gasteiger partial charge in [-0.15, -0.1) is 11.3 Å². The van der Waals surface area contributed by atoms with Crippen LogP contribution in [0, 0.1) is 0 Å². The number of hydrogen-bond donors (Lipinski definition) is 0. The molecular formula is C32H28O3S. The van der Waals surface area contributed by atoms with Crippen molar-refractivity contribution in [2.75, 3.05) is 13.7 Å². The van der Waals surface area contributed by atoms with Crippen LogP contribution in [0.4, 0.5) is 0 Å². The predicted molar refractivity (Wildman–Crippen MR) is 149 cm³/mol. The van der Waals surface area contributed by atoms with Crippen LogP contribution in [0.1, 0.15) is 29.5 Å². The van der Waals surface area contributed by atoms with Crippen LogP contribution in [0.3, 0.4) is 0 Å². The summed E-state index contributed by atoms with van der Waals surface area (Å²) < 4.78 is 21.8. The maximum atomic E-state index is 6.81. The molecule has 2 unspecified atom stereocenters. The quantitative estimate of drug-likeness (QED) is 0.247. The summed E-state index contributed by atoms with van der Waals surface area (Å²) in [5, 5.41) is 2.46. The minimum Gasteiger partial charge on any atom is -0.356 e. The Bertz CT molecular complexity index is 1520. The molecule has 0 bridgehead atoms. The zero-order valence-corrected chi connectivity index (χ0v) is 21.1. The smallest absolute Gasteiger partial charge is 0.225 e. The highest BCUT2D eigenvalue weighted by Crippen LogP contribution is 2.49. The first-order valence-electron chi connectivity index (χ1n) is 12.3. The normalized spacial score (nSPS) is 20.4. The molecule has 2 heterocycles. The Balaban J connectivity index is 1.72. The van der Waals surface area contributed by atoms with Gasteiger partial charge in [0.05, 0.1) is 6.61 Å². The Morgan fingerprint density at radius 2 is 1.69 bits per heavy atom. The summed E-state index contributed by atoms with van der Waals surface area (Å²) in [6.45, 7) is 4.51. The predicted octanol–water partition coefficient (Wildman–Crippen LogP) is 8.37. The fourth-order valence-corrected chi connectivity index (χ4v) is 6.31. The fraction of sp³-hybridized carbons (Fsp3) is 0.188. The number of methoxy groups -OCH3 is 1. The van der Waals surface area contributed by atoms with Gasteiger partial charge < -0.3 is 14.2 Å².